The predicted molar refractivity (Wildman–Crippen MR) is 46.2 cm³/mol. The Kier molecular flexibility index (Phi) is 3.26. The third-order valence-corrected chi connectivity index (χ3v) is 1.34. The van der Waals surface area contributed by atoms with Crippen molar-refractivity contribution in [1.29, 1.82) is 0 Å². The Bertz CT molecular complexity index is 262. The number of aliphatic imine (C=N–C) groups is 1. The summed E-state index contributed by atoms with van der Waals surface area (Å²) in [5, 5.41) is 0. The van der Waals surface area contributed by atoms with Crippen molar-refractivity contribution in [2.45, 2.75) is 19.8 Å². The number of nitrogens with zero attached hydrogens (tertiary/aromatic N) is 1. The summed E-state index contributed by atoms with van der Waals surface area (Å²) in [7, 11) is 0. The molecule has 0 bridgehead atoms. The topological polar surface area (TPSA) is 42.6 Å². The van der Waals surface area contributed by atoms with Crippen LogP contribution >= 0.6 is 0 Å². The van der Waals surface area contributed by atoms with E-state index in [1.807, 2.05) is 6.92 Å². The van der Waals surface area contributed by atoms with Crippen molar-refractivity contribution in [3.8, 4) is 0 Å². The molecule has 0 aliphatic carbocycles. The molecule has 0 saturated carbocycles. The first-order valence-electron chi connectivity index (χ1n) is 3.93. The van der Waals surface area contributed by atoms with Gasteiger partial charge >= 0.3 is 0 Å². The van der Waals surface area contributed by atoms with Crippen molar-refractivity contribution in [3.63, 3.8) is 0 Å². The van der Waals surface area contributed by atoms with Crippen molar-refractivity contribution in [2.24, 2.45) is 4.99 Å². The smallest absolute Gasteiger partial charge is 0.245 e. The molecule has 1 aromatic heterocycles. The largest absolute Gasteiger partial charge is 0.463 e. The van der Waals surface area contributed by atoms with E-state index in [1.54, 1.807) is 18.4 Å². The lowest BCUT2D eigenvalue weighted by Crippen LogP contribution is -1.91. The van der Waals surface area contributed by atoms with E-state index in [9.17, 15) is 4.79 Å². The van der Waals surface area contributed by atoms with Gasteiger partial charge in [-0.15, -0.1) is 0 Å². The molecule has 0 spiro atoms. The van der Waals surface area contributed by atoms with Gasteiger partial charge in [0.15, 0.2) is 0 Å². The van der Waals surface area contributed by atoms with Gasteiger partial charge in [0.1, 0.15) is 5.76 Å². The number of hydrogen-bond acceptors (Lipinski definition) is 2. The van der Waals surface area contributed by atoms with E-state index in [2.05, 4.69) is 4.99 Å². The summed E-state index contributed by atoms with van der Waals surface area (Å²) < 4.78 is 4.96. The first-order valence-corrected chi connectivity index (χ1v) is 3.93. The van der Waals surface area contributed by atoms with Crippen molar-refractivity contribution in [1.82, 2.24) is 0 Å². The van der Waals surface area contributed by atoms with Gasteiger partial charge in [-0.2, -0.15) is 0 Å². The number of amides is 1. The maximum atomic E-state index is 10.9. The highest BCUT2D eigenvalue weighted by Crippen LogP contribution is 1.96. The van der Waals surface area contributed by atoms with Gasteiger partial charge in [-0.05, 0) is 18.6 Å². The van der Waals surface area contributed by atoms with Crippen LogP contribution in [0.3, 0.4) is 0 Å². The molecular formula is C9H11NO2. The second-order valence-corrected chi connectivity index (χ2v) is 2.42. The Labute approximate surface area is 71.1 Å². The van der Waals surface area contributed by atoms with E-state index in [4.69, 9.17) is 4.42 Å². The minimum Gasteiger partial charge on any atom is -0.463 e. The summed E-state index contributed by atoms with van der Waals surface area (Å²) in [6, 6.07) is 3.51. The van der Waals surface area contributed by atoms with Crippen LogP contribution in [-0.2, 0) is 4.79 Å². The summed E-state index contributed by atoms with van der Waals surface area (Å²) in [6.07, 6.45) is 4.31. The highest BCUT2D eigenvalue weighted by Gasteiger charge is 1.94. The van der Waals surface area contributed by atoms with Crippen molar-refractivity contribution >= 4 is 12.1 Å². The van der Waals surface area contributed by atoms with Gasteiger partial charge < -0.3 is 4.42 Å². The summed E-state index contributed by atoms with van der Waals surface area (Å²) in [5.74, 6) is 0.508. The molecule has 0 N–H and O–H groups in total. The molecule has 64 valence electrons. The minimum absolute atomic E-state index is 0.103. The maximum absolute atomic E-state index is 10.9. The van der Waals surface area contributed by atoms with Gasteiger partial charge in [0.2, 0.25) is 5.91 Å². The predicted octanol–water partition coefficient (Wildman–Crippen LogP) is 2.03. The third kappa shape index (κ3) is 2.70. The van der Waals surface area contributed by atoms with E-state index >= 15 is 0 Å². The van der Waals surface area contributed by atoms with Crippen LogP contribution in [0.1, 0.15) is 25.5 Å². The molecule has 1 amide bonds. The van der Waals surface area contributed by atoms with Crippen LogP contribution in [0, 0.1) is 0 Å². The minimum atomic E-state index is -0.103. The second-order valence-electron chi connectivity index (χ2n) is 2.42. The van der Waals surface area contributed by atoms with Crippen LogP contribution in [0.4, 0.5) is 0 Å². The number of furan rings is 1. The molecule has 0 saturated heterocycles. The molecule has 1 heterocycles. The van der Waals surface area contributed by atoms with E-state index in [1.165, 1.54) is 6.21 Å². The molecule has 0 aliphatic heterocycles. The van der Waals surface area contributed by atoms with E-state index in [-0.39, 0.29) is 5.91 Å². The Morgan fingerprint density at radius 2 is 2.58 bits per heavy atom. The summed E-state index contributed by atoms with van der Waals surface area (Å²) in [6.45, 7) is 1.94. The van der Waals surface area contributed by atoms with Crippen LogP contribution in [-0.4, -0.2) is 12.1 Å². The van der Waals surface area contributed by atoms with Crippen LogP contribution in [0.5, 0.6) is 0 Å². The molecule has 3 heteroatoms. The average Bonchev–Trinajstić information content (AvgIpc) is 2.53. The summed E-state index contributed by atoms with van der Waals surface area (Å²) in [5.41, 5.74) is 0. The fraction of sp³-hybridized carbons (Fsp3) is 0.333. The number of carbonyl (C=O) groups is 1. The zero-order chi connectivity index (χ0) is 8.81. The molecule has 0 aromatic carbocycles. The molecule has 1 rings (SSSR count). The van der Waals surface area contributed by atoms with Crippen LogP contribution in [0.15, 0.2) is 27.8 Å². The van der Waals surface area contributed by atoms with Crippen LogP contribution in [0.25, 0.3) is 0 Å². The first kappa shape index (κ1) is 8.71. The third-order valence-electron chi connectivity index (χ3n) is 1.34. The highest BCUT2D eigenvalue weighted by molar-refractivity contribution is 5.90. The Hall–Kier alpha value is -1.38. The highest BCUT2D eigenvalue weighted by atomic mass is 16.3. The first-order chi connectivity index (χ1) is 5.83. The molecule has 0 fully saturated rings. The quantitative estimate of drug-likeness (QED) is 0.643. The van der Waals surface area contributed by atoms with Crippen molar-refractivity contribution in [2.75, 3.05) is 0 Å². The van der Waals surface area contributed by atoms with Gasteiger partial charge in [0, 0.05) is 6.42 Å². The van der Waals surface area contributed by atoms with Crippen molar-refractivity contribution < 1.29 is 9.21 Å². The van der Waals surface area contributed by atoms with E-state index in [0.29, 0.717) is 12.2 Å². The normalized spacial score (nSPS) is 10.8. The summed E-state index contributed by atoms with van der Waals surface area (Å²) >= 11 is 0. The standard InChI is InChI=1S/C9H11NO2/c1-2-4-9(11)10-7-8-5-3-6-12-8/h3,5-7H,2,4H2,1H3. The molecule has 12 heavy (non-hydrogen) atoms. The van der Waals surface area contributed by atoms with Crippen LogP contribution < -0.4 is 0 Å². The lowest BCUT2D eigenvalue weighted by molar-refractivity contribution is -0.117. The monoisotopic (exact) mass is 165 g/mol. The molecule has 0 radical (unpaired) electrons. The van der Waals surface area contributed by atoms with Gasteiger partial charge in [-0.3, -0.25) is 4.79 Å². The van der Waals surface area contributed by atoms with E-state index in [0.717, 1.165) is 6.42 Å². The Balaban J connectivity index is 2.45. The Morgan fingerprint density at radius 1 is 1.75 bits per heavy atom. The molecule has 3 nitrogen and oxygen atoms in total. The fourth-order valence-corrected chi connectivity index (χ4v) is 0.779. The van der Waals surface area contributed by atoms with Crippen molar-refractivity contribution in [3.05, 3.63) is 24.2 Å². The van der Waals surface area contributed by atoms with E-state index < -0.39 is 0 Å². The van der Waals surface area contributed by atoms with Gasteiger partial charge in [0.05, 0.1) is 12.5 Å². The number of hydrogen-bond donors (Lipinski definition) is 0. The molecular weight excluding hydrogens is 154 g/mol. The zero-order valence-electron chi connectivity index (χ0n) is 6.99. The van der Waals surface area contributed by atoms with Gasteiger partial charge in [-0.1, -0.05) is 6.92 Å². The average molecular weight is 165 g/mol. The maximum Gasteiger partial charge on any atom is 0.245 e. The van der Waals surface area contributed by atoms with Gasteiger partial charge in [-0.25, -0.2) is 4.99 Å². The number of rotatable bonds is 3. The summed E-state index contributed by atoms with van der Waals surface area (Å²) in [4.78, 5) is 14.6. The molecule has 1 aromatic rings. The van der Waals surface area contributed by atoms with Crippen LogP contribution in [0.2, 0.25) is 0 Å². The second kappa shape index (κ2) is 4.49. The SMILES string of the molecule is CCCC(=O)N=Cc1ccco1. The number of carbonyl (C=O) groups excluding carboxylic acids is 1. The lowest BCUT2D eigenvalue weighted by Gasteiger charge is -1.86. The zero-order valence-corrected chi connectivity index (χ0v) is 6.99. The fourth-order valence-electron chi connectivity index (χ4n) is 0.779. The Morgan fingerprint density at radius 3 is 3.17 bits per heavy atom. The van der Waals surface area contributed by atoms with Gasteiger partial charge in [0.25, 0.3) is 0 Å². The molecule has 0 aliphatic rings. The molecule has 0 atom stereocenters. The molecule has 0 unspecified atom stereocenters. The lowest BCUT2D eigenvalue weighted by atomic mass is 10.3.